The summed E-state index contributed by atoms with van der Waals surface area (Å²) in [5.41, 5.74) is 1.26. The molecule has 0 saturated heterocycles. The Bertz CT molecular complexity index is 495. The van der Waals surface area contributed by atoms with E-state index in [-0.39, 0.29) is 10.8 Å². The topological polar surface area (TPSA) is 0 Å². The first kappa shape index (κ1) is 10.1. The highest BCUT2D eigenvalue weighted by Crippen LogP contribution is 2.28. The lowest BCUT2D eigenvalue weighted by Gasteiger charge is -2.04. The second-order valence-electron chi connectivity index (χ2n) is 3.13. The van der Waals surface area contributed by atoms with E-state index in [0.29, 0.717) is 11.1 Å². The number of halogens is 3. The first-order valence-corrected chi connectivity index (χ1v) is 4.75. The fraction of sp³-hybridized carbons (Fsp3) is 0. The van der Waals surface area contributed by atoms with E-state index in [4.69, 9.17) is 11.6 Å². The number of rotatable bonds is 1. The van der Waals surface area contributed by atoms with E-state index in [1.165, 1.54) is 30.3 Å². The molecule has 2 aromatic carbocycles. The molecule has 2 rings (SSSR count). The molecule has 3 heteroatoms. The molecule has 0 spiro atoms. The van der Waals surface area contributed by atoms with Crippen molar-refractivity contribution in [1.82, 2.24) is 0 Å². The third-order valence-corrected chi connectivity index (χ3v) is 2.38. The van der Waals surface area contributed by atoms with Crippen LogP contribution >= 0.6 is 11.6 Å². The molecule has 0 amide bonds. The Balaban J connectivity index is 2.54. The lowest BCUT2D eigenvalue weighted by Crippen LogP contribution is -1.83. The van der Waals surface area contributed by atoms with Gasteiger partial charge in [0.1, 0.15) is 11.6 Å². The van der Waals surface area contributed by atoms with E-state index in [9.17, 15) is 8.78 Å². The van der Waals surface area contributed by atoms with Gasteiger partial charge in [0, 0.05) is 5.56 Å². The summed E-state index contributed by atoms with van der Waals surface area (Å²) in [5.74, 6) is -0.743. The molecule has 0 unspecified atom stereocenters. The second kappa shape index (κ2) is 3.99. The predicted octanol–water partition coefficient (Wildman–Crippen LogP) is 4.29. The van der Waals surface area contributed by atoms with Crippen LogP contribution in [0.3, 0.4) is 0 Å². The van der Waals surface area contributed by atoms with Crippen LogP contribution in [0, 0.1) is 11.6 Å². The largest absolute Gasteiger partial charge is 0.207 e. The minimum Gasteiger partial charge on any atom is -0.207 e. The minimum atomic E-state index is -0.403. The lowest BCUT2D eigenvalue weighted by atomic mass is 10.1. The van der Waals surface area contributed by atoms with Gasteiger partial charge in [-0.1, -0.05) is 23.7 Å². The molecule has 0 aliphatic rings. The zero-order chi connectivity index (χ0) is 10.8. The minimum absolute atomic E-state index is 0.278. The van der Waals surface area contributed by atoms with Gasteiger partial charge in [0.05, 0.1) is 5.02 Å². The average Bonchev–Trinajstić information content (AvgIpc) is 2.17. The Morgan fingerprint density at radius 2 is 1.60 bits per heavy atom. The van der Waals surface area contributed by atoms with Gasteiger partial charge >= 0.3 is 0 Å². The van der Waals surface area contributed by atoms with E-state index in [0.717, 1.165) is 0 Å². The maximum absolute atomic E-state index is 12.9. The molecule has 0 fully saturated rings. The smallest absolute Gasteiger partial charge is 0.124 e. The van der Waals surface area contributed by atoms with Crippen molar-refractivity contribution in [2.75, 3.05) is 0 Å². The van der Waals surface area contributed by atoms with E-state index < -0.39 is 5.82 Å². The Morgan fingerprint density at radius 1 is 0.867 bits per heavy atom. The molecule has 15 heavy (non-hydrogen) atoms. The molecular weight excluding hydrogens is 218 g/mol. The summed E-state index contributed by atoms with van der Waals surface area (Å²) in [6.45, 7) is 0. The molecule has 0 saturated carbocycles. The van der Waals surface area contributed by atoms with Crippen LogP contribution in [-0.2, 0) is 0 Å². The highest BCUT2D eigenvalue weighted by atomic mass is 35.5. The Hall–Kier alpha value is -1.41. The molecule has 0 nitrogen and oxygen atoms in total. The van der Waals surface area contributed by atoms with Crippen LogP contribution in [-0.4, -0.2) is 0 Å². The van der Waals surface area contributed by atoms with E-state index in [1.54, 1.807) is 12.1 Å². The zero-order valence-electron chi connectivity index (χ0n) is 7.68. The van der Waals surface area contributed by atoms with Crippen LogP contribution < -0.4 is 0 Å². The summed E-state index contributed by atoms with van der Waals surface area (Å²) in [6, 6.07) is 10.1. The van der Waals surface area contributed by atoms with Crippen molar-refractivity contribution in [1.29, 1.82) is 0 Å². The summed E-state index contributed by atoms with van der Waals surface area (Å²) >= 11 is 5.85. The Labute approximate surface area is 91.1 Å². The third kappa shape index (κ3) is 2.16. The molecule has 0 N–H and O–H groups in total. The van der Waals surface area contributed by atoms with Gasteiger partial charge in [-0.15, -0.1) is 0 Å². The normalized spacial score (nSPS) is 10.3. The van der Waals surface area contributed by atoms with Crippen molar-refractivity contribution >= 4 is 11.6 Å². The number of benzene rings is 2. The van der Waals surface area contributed by atoms with Gasteiger partial charge < -0.3 is 0 Å². The Morgan fingerprint density at radius 3 is 2.27 bits per heavy atom. The SMILES string of the molecule is Fc1cccc(-c2ccc(F)cc2Cl)c1. The highest BCUT2D eigenvalue weighted by Gasteiger charge is 2.05. The standard InChI is InChI=1S/C12H7ClF2/c13-12-7-10(15)4-5-11(12)8-2-1-3-9(14)6-8/h1-7H. The highest BCUT2D eigenvalue weighted by molar-refractivity contribution is 6.33. The van der Waals surface area contributed by atoms with Crippen molar-refractivity contribution in [2.45, 2.75) is 0 Å². The fourth-order valence-electron chi connectivity index (χ4n) is 1.38. The molecule has 76 valence electrons. The first-order chi connectivity index (χ1) is 7.16. The van der Waals surface area contributed by atoms with Gasteiger partial charge in [-0.05, 0) is 35.9 Å². The van der Waals surface area contributed by atoms with Crippen LogP contribution in [0.15, 0.2) is 42.5 Å². The molecule has 0 radical (unpaired) electrons. The third-order valence-electron chi connectivity index (χ3n) is 2.07. The van der Waals surface area contributed by atoms with E-state index >= 15 is 0 Å². The molecule has 0 bridgehead atoms. The van der Waals surface area contributed by atoms with Crippen LogP contribution in [0.1, 0.15) is 0 Å². The van der Waals surface area contributed by atoms with Crippen LogP contribution in [0.4, 0.5) is 8.78 Å². The van der Waals surface area contributed by atoms with Gasteiger partial charge in [-0.2, -0.15) is 0 Å². The molecule has 0 heterocycles. The second-order valence-corrected chi connectivity index (χ2v) is 3.54. The van der Waals surface area contributed by atoms with Crippen molar-refractivity contribution in [3.05, 3.63) is 59.1 Å². The van der Waals surface area contributed by atoms with Gasteiger partial charge in [0.15, 0.2) is 0 Å². The summed E-state index contributed by atoms with van der Waals surface area (Å²) in [6.07, 6.45) is 0. The molecular formula is C12H7ClF2. The quantitative estimate of drug-likeness (QED) is 0.678. The van der Waals surface area contributed by atoms with Gasteiger partial charge in [-0.3, -0.25) is 0 Å². The van der Waals surface area contributed by atoms with E-state index in [2.05, 4.69) is 0 Å². The summed E-state index contributed by atoms with van der Waals surface area (Å²) < 4.78 is 25.7. The molecule has 2 aromatic rings. The number of hydrogen-bond acceptors (Lipinski definition) is 0. The maximum atomic E-state index is 12.9. The van der Waals surface area contributed by atoms with Gasteiger partial charge in [-0.25, -0.2) is 8.78 Å². The predicted molar refractivity (Wildman–Crippen MR) is 56.8 cm³/mol. The average molecular weight is 225 g/mol. The summed E-state index contributed by atoms with van der Waals surface area (Å²) in [7, 11) is 0. The van der Waals surface area contributed by atoms with E-state index in [1.807, 2.05) is 0 Å². The summed E-state index contributed by atoms with van der Waals surface area (Å²) in [4.78, 5) is 0. The molecule has 0 atom stereocenters. The maximum Gasteiger partial charge on any atom is 0.124 e. The fourth-order valence-corrected chi connectivity index (χ4v) is 1.66. The molecule has 0 aromatic heterocycles. The zero-order valence-corrected chi connectivity index (χ0v) is 8.43. The number of hydrogen-bond donors (Lipinski definition) is 0. The summed E-state index contributed by atoms with van der Waals surface area (Å²) in [5, 5.41) is 0.278. The van der Waals surface area contributed by atoms with Crippen LogP contribution in [0.5, 0.6) is 0 Å². The van der Waals surface area contributed by atoms with Crippen LogP contribution in [0.2, 0.25) is 5.02 Å². The first-order valence-electron chi connectivity index (χ1n) is 4.38. The van der Waals surface area contributed by atoms with Crippen molar-refractivity contribution in [3.63, 3.8) is 0 Å². The lowest BCUT2D eigenvalue weighted by molar-refractivity contribution is 0.627. The molecule has 0 aliphatic carbocycles. The van der Waals surface area contributed by atoms with Crippen LogP contribution in [0.25, 0.3) is 11.1 Å². The Kier molecular flexibility index (Phi) is 2.69. The van der Waals surface area contributed by atoms with Crippen molar-refractivity contribution in [3.8, 4) is 11.1 Å². The van der Waals surface area contributed by atoms with Gasteiger partial charge in [0.25, 0.3) is 0 Å². The van der Waals surface area contributed by atoms with Crippen molar-refractivity contribution < 1.29 is 8.78 Å². The monoisotopic (exact) mass is 224 g/mol. The van der Waals surface area contributed by atoms with Gasteiger partial charge in [0.2, 0.25) is 0 Å². The van der Waals surface area contributed by atoms with Crippen molar-refractivity contribution in [2.24, 2.45) is 0 Å². The molecule has 0 aliphatic heterocycles.